The average molecular weight is 202 g/mol. The summed E-state index contributed by atoms with van der Waals surface area (Å²) in [6.07, 6.45) is 7.82. The van der Waals surface area contributed by atoms with E-state index in [1.54, 1.807) is 18.2 Å². The third kappa shape index (κ3) is 4.81. The lowest BCUT2D eigenvalue weighted by Gasteiger charge is -1.98. The van der Waals surface area contributed by atoms with Crippen molar-refractivity contribution in [2.75, 3.05) is 0 Å². The fourth-order valence-corrected chi connectivity index (χ4v) is 0.987. The van der Waals surface area contributed by atoms with Crippen LogP contribution in [0.5, 0.6) is 5.75 Å². The van der Waals surface area contributed by atoms with Crippen molar-refractivity contribution >= 4 is 5.97 Å². The molecule has 2 nitrogen and oxygen atoms in total. The van der Waals surface area contributed by atoms with Crippen LogP contribution in [0.3, 0.4) is 0 Å². The second-order valence-electron chi connectivity index (χ2n) is 2.93. The highest BCUT2D eigenvalue weighted by Gasteiger charge is 1.97. The molecule has 78 valence electrons. The van der Waals surface area contributed by atoms with E-state index in [2.05, 4.69) is 0 Å². The van der Waals surface area contributed by atoms with E-state index in [4.69, 9.17) is 4.74 Å². The Balaban J connectivity index is 2.43. The van der Waals surface area contributed by atoms with Crippen LogP contribution in [0, 0.1) is 0 Å². The molecule has 0 radical (unpaired) electrons. The van der Waals surface area contributed by atoms with Crippen LogP contribution in [0.25, 0.3) is 0 Å². The lowest BCUT2D eigenvalue weighted by Crippen LogP contribution is -2.02. The van der Waals surface area contributed by atoms with Crippen LogP contribution in [-0.2, 0) is 4.79 Å². The Bertz CT molecular complexity index is 350. The largest absolute Gasteiger partial charge is 0.423 e. The number of esters is 1. The van der Waals surface area contributed by atoms with Gasteiger partial charge in [0.25, 0.3) is 0 Å². The van der Waals surface area contributed by atoms with Gasteiger partial charge in [-0.2, -0.15) is 0 Å². The van der Waals surface area contributed by atoms with E-state index < -0.39 is 0 Å². The summed E-state index contributed by atoms with van der Waals surface area (Å²) >= 11 is 0. The molecule has 0 aliphatic heterocycles. The molecule has 0 saturated heterocycles. The van der Waals surface area contributed by atoms with Crippen LogP contribution in [0.4, 0.5) is 0 Å². The van der Waals surface area contributed by atoms with Crippen molar-refractivity contribution in [3.8, 4) is 5.75 Å². The smallest absolute Gasteiger partial charge is 0.336 e. The Hall–Kier alpha value is -1.83. The predicted molar refractivity (Wildman–Crippen MR) is 60.6 cm³/mol. The highest BCUT2D eigenvalue weighted by Crippen LogP contribution is 2.08. The van der Waals surface area contributed by atoms with Crippen molar-refractivity contribution < 1.29 is 9.53 Å². The van der Waals surface area contributed by atoms with E-state index in [-0.39, 0.29) is 5.97 Å². The molecule has 0 N–H and O–H groups in total. The minimum atomic E-state index is -0.359. The summed E-state index contributed by atoms with van der Waals surface area (Å²) in [5.74, 6) is 0.202. The SMILES string of the molecule is CCC=CC=CC(=O)Oc1ccccc1. The highest BCUT2D eigenvalue weighted by atomic mass is 16.5. The van der Waals surface area contributed by atoms with Crippen molar-refractivity contribution in [2.45, 2.75) is 13.3 Å². The monoisotopic (exact) mass is 202 g/mol. The van der Waals surface area contributed by atoms with E-state index >= 15 is 0 Å². The number of carbonyl (C=O) groups excluding carboxylic acids is 1. The normalized spacial score (nSPS) is 11.0. The Morgan fingerprint density at radius 1 is 1.27 bits per heavy atom. The lowest BCUT2D eigenvalue weighted by atomic mass is 10.3. The molecular weight excluding hydrogens is 188 g/mol. The molecule has 0 bridgehead atoms. The van der Waals surface area contributed by atoms with E-state index in [9.17, 15) is 4.79 Å². The number of rotatable bonds is 4. The van der Waals surface area contributed by atoms with Crippen LogP contribution in [0.1, 0.15) is 13.3 Å². The van der Waals surface area contributed by atoms with Gasteiger partial charge in [-0.05, 0) is 18.6 Å². The number of carbonyl (C=O) groups is 1. The van der Waals surface area contributed by atoms with Crippen LogP contribution in [0.2, 0.25) is 0 Å². The number of hydrogen-bond donors (Lipinski definition) is 0. The summed E-state index contributed by atoms with van der Waals surface area (Å²) in [5, 5.41) is 0. The fraction of sp³-hybridized carbons (Fsp3) is 0.154. The molecule has 1 aromatic carbocycles. The van der Waals surface area contributed by atoms with Crippen LogP contribution in [0.15, 0.2) is 54.6 Å². The maximum atomic E-state index is 11.2. The second-order valence-corrected chi connectivity index (χ2v) is 2.93. The van der Waals surface area contributed by atoms with Crippen molar-refractivity contribution in [1.82, 2.24) is 0 Å². The first-order valence-corrected chi connectivity index (χ1v) is 4.93. The predicted octanol–water partition coefficient (Wildman–Crippen LogP) is 3.11. The van der Waals surface area contributed by atoms with Gasteiger partial charge in [0, 0.05) is 6.08 Å². The molecule has 0 aliphatic carbocycles. The molecule has 15 heavy (non-hydrogen) atoms. The molecule has 0 amide bonds. The standard InChI is InChI=1S/C13H14O2/c1-2-3-4-8-11-13(14)15-12-9-6-5-7-10-12/h3-11H,2H2,1H3. The second kappa shape index (κ2) is 6.60. The zero-order valence-electron chi connectivity index (χ0n) is 8.72. The minimum absolute atomic E-state index is 0.359. The molecule has 0 saturated carbocycles. The maximum Gasteiger partial charge on any atom is 0.336 e. The van der Waals surface area contributed by atoms with Gasteiger partial charge in [0.1, 0.15) is 5.75 Å². The first-order chi connectivity index (χ1) is 7.33. The van der Waals surface area contributed by atoms with Gasteiger partial charge in [-0.3, -0.25) is 0 Å². The zero-order valence-corrected chi connectivity index (χ0v) is 8.72. The van der Waals surface area contributed by atoms with Gasteiger partial charge in [-0.15, -0.1) is 0 Å². The average Bonchev–Trinajstić information content (AvgIpc) is 2.26. The zero-order chi connectivity index (χ0) is 10.9. The Morgan fingerprint density at radius 3 is 2.67 bits per heavy atom. The van der Waals surface area contributed by atoms with Gasteiger partial charge in [0.05, 0.1) is 0 Å². The van der Waals surface area contributed by atoms with Crippen molar-refractivity contribution in [3.05, 3.63) is 54.6 Å². The van der Waals surface area contributed by atoms with Gasteiger partial charge < -0.3 is 4.74 Å². The molecule has 0 fully saturated rings. The van der Waals surface area contributed by atoms with E-state index in [0.717, 1.165) is 6.42 Å². The number of benzene rings is 1. The molecule has 0 spiro atoms. The highest BCUT2D eigenvalue weighted by molar-refractivity contribution is 5.84. The number of para-hydroxylation sites is 1. The maximum absolute atomic E-state index is 11.2. The Morgan fingerprint density at radius 2 is 2.00 bits per heavy atom. The van der Waals surface area contributed by atoms with E-state index in [0.29, 0.717) is 5.75 Å². The number of hydrogen-bond acceptors (Lipinski definition) is 2. The van der Waals surface area contributed by atoms with Crippen LogP contribution < -0.4 is 4.74 Å². The molecule has 2 heteroatoms. The fourth-order valence-electron chi connectivity index (χ4n) is 0.987. The summed E-state index contributed by atoms with van der Waals surface area (Å²) in [6, 6.07) is 9.00. The third-order valence-corrected chi connectivity index (χ3v) is 1.68. The number of ether oxygens (including phenoxy) is 1. The molecular formula is C13H14O2. The van der Waals surface area contributed by atoms with Crippen molar-refractivity contribution in [3.63, 3.8) is 0 Å². The van der Waals surface area contributed by atoms with E-state index in [1.165, 1.54) is 6.08 Å². The molecule has 0 aliphatic rings. The molecule has 0 heterocycles. The van der Waals surface area contributed by atoms with Gasteiger partial charge in [-0.25, -0.2) is 4.79 Å². The summed E-state index contributed by atoms with van der Waals surface area (Å²) in [6.45, 7) is 2.03. The Labute approximate surface area is 89.9 Å². The van der Waals surface area contributed by atoms with Gasteiger partial charge >= 0.3 is 5.97 Å². The number of allylic oxidation sites excluding steroid dienone is 3. The summed E-state index contributed by atoms with van der Waals surface area (Å²) in [4.78, 5) is 11.2. The first-order valence-electron chi connectivity index (χ1n) is 4.93. The lowest BCUT2D eigenvalue weighted by molar-refractivity contribution is -0.128. The summed E-state index contributed by atoms with van der Waals surface area (Å²) in [5.41, 5.74) is 0. The minimum Gasteiger partial charge on any atom is -0.423 e. The van der Waals surface area contributed by atoms with Crippen LogP contribution >= 0.6 is 0 Å². The molecule has 1 aromatic rings. The third-order valence-electron chi connectivity index (χ3n) is 1.68. The topological polar surface area (TPSA) is 26.3 Å². The van der Waals surface area contributed by atoms with Crippen LogP contribution in [-0.4, -0.2) is 5.97 Å². The molecule has 0 atom stereocenters. The van der Waals surface area contributed by atoms with Gasteiger partial charge in [0.15, 0.2) is 0 Å². The van der Waals surface area contributed by atoms with E-state index in [1.807, 2.05) is 37.3 Å². The molecule has 0 unspecified atom stereocenters. The molecule has 0 aromatic heterocycles. The van der Waals surface area contributed by atoms with Gasteiger partial charge in [-0.1, -0.05) is 43.4 Å². The molecule has 1 rings (SSSR count). The summed E-state index contributed by atoms with van der Waals surface area (Å²) < 4.78 is 5.03. The quantitative estimate of drug-likeness (QED) is 0.324. The Kier molecular flexibility index (Phi) is 4.95. The first kappa shape index (κ1) is 11.2. The van der Waals surface area contributed by atoms with Crippen molar-refractivity contribution in [2.24, 2.45) is 0 Å². The summed E-state index contributed by atoms with van der Waals surface area (Å²) in [7, 11) is 0. The van der Waals surface area contributed by atoms with Crippen molar-refractivity contribution in [1.29, 1.82) is 0 Å². The van der Waals surface area contributed by atoms with Gasteiger partial charge in [0.2, 0.25) is 0 Å².